The van der Waals surface area contributed by atoms with Gasteiger partial charge in [0.25, 0.3) is 10.0 Å². The fourth-order valence-corrected chi connectivity index (χ4v) is 4.51. The predicted octanol–water partition coefficient (Wildman–Crippen LogP) is 3.70. The largest absolute Gasteiger partial charge is 0.497 e. The minimum absolute atomic E-state index is 0.0473. The van der Waals surface area contributed by atoms with Crippen molar-refractivity contribution in [3.05, 3.63) is 52.8 Å². The fourth-order valence-electron chi connectivity index (χ4n) is 2.27. The Kier molecular flexibility index (Phi) is 4.61. The number of nitrogens with zero attached hydrogens (tertiary/aromatic N) is 2. The van der Waals surface area contributed by atoms with Crippen molar-refractivity contribution in [3.8, 4) is 5.75 Å². The standard InChI is InChI=1S/C16H14F2N2O3S2/c1-10-3-6-12(7-4-10)25(21,22)19-16-20(15(17)18)13-8-5-11(23-2)9-14(13)24-16/h3-9,15H,1-2H3. The molecule has 0 amide bonds. The van der Waals surface area contributed by atoms with Crippen molar-refractivity contribution in [2.45, 2.75) is 18.4 Å². The quantitative estimate of drug-likeness (QED) is 0.689. The molecule has 3 aromatic rings. The van der Waals surface area contributed by atoms with Crippen LogP contribution in [0.15, 0.2) is 51.8 Å². The average Bonchev–Trinajstić information content (AvgIpc) is 2.91. The van der Waals surface area contributed by atoms with Gasteiger partial charge in [-0.25, -0.2) is 0 Å². The lowest BCUT2D eigenvalue weighted by Crippen LogP contribution is -2.17. The molecule has 0 aliphatic heterocycles. The number of methoxy groups -OCH3 is 1. The number of thiazole rings is 1. The molecule has 1 aromatic heterocycles. The van der Waals surface area contributed by atoms with Crippen molar-refractivity contribution < 1.29 is 21.9 Å². The highest BCUT2D eigenvalue weighted by atomic mass is 32.2. The van der Waals surface area contributed by atoms with Crippen LogP contribution in [0.3, 0.4) is 0 Å². The van der Waals surface area contributed by atoms with Gasteiger partial charge in [0.05, 0.1) is 22.2 Å². The lowest BCUT2D eigenvalue weighted by atomic mass is 10.2. The number of aromatic nitrogens is 1. The zero-order valence-corrected chi connectivity index (χ0v) is 14.9. The van der Waals surface area contributed by atoms with Crippen LogP contribution in [0.4, 0.5) is 8.78 Å². The maximum atomic E-state index is 13.5. The van der Waals surface area contributed by atoms with Crippen LogP contribution >= 0.6 is 11.3 Å². The third-order valence-corrected chi connectivity index (χ3v) is 5.96. The van der Waals surface area contributed by atoms with Crippen LogP contribution < -0.4 is 9.54 Å². The second kappa shape index (κ2) is 6.57. The Morgan fingerprint density at radius 3 is 2.44 bits per heavy atom. The van der Waals surface area contributed by atoms with E-state index in [4.69, 9.17) is 4.74 Å². The summed E-state index contributed by atoms with van der Waals surface area (Å²) in [5.74, 6) is 0.489. The molecule has 0 fully saturated rings. The molecule has 0 aliphatic rings. The first kappa shape index (κ1) is 17.6. The van der Waals surface area contributed by atoms with Crippen molar-refractivity contribution in [3.63, 3.8) is 0 Å². The first-order chi connectivity index (χ1) is 11.8. The zero-order chi connectivity index (χ0) is 18.2. The SMILES string of the molecule is COc1ccc2c(c1)sc(=NS(=O)(=O)c1ccc(C)cc1)n2C(F)F. The van der Waals surface area contributed by atoms with Gasteiger partial charge in [-0.2, -0.15) is 17.2 Å². The molecule has 0 saturated heterocycles. The molecule has 2 aromatic carbocycles. The molecule has 0 radical (unpaired) electrons. The van der Waals surface area contributed by atoms with Crippen LogP contribution in [0.25, 0.3) is 10.2 Å². The fraction of sp³-hybridized carbons (Fsp3) is 0.188. The molecule has 132 valence electrons. The van der Waals surface area contributed by atoms with Gasteiger partial charge in [-0.3, -0.25) is 4.57 Å². The van der Waals surface area contributed by atoms with Crippen molar-refractivity contribution in [2.75, 3.05) is 7.11 Å². The summed E-state index contributed by atoms with van der Waals surface area (Å²) in [6.45, 7) is -1.10. The molecule has 0 aliphatic carbocycles. The Morgan fingerprint density at radius 2 is 1.84 bits per heavy atom. The number of fused-ring (bicyclic) bond motifs is 1. The molecule has 0 bridgehead atoms. The third-order valence-electron chi connectivity index (χ3n) is 3.55. The zero-order valence-electron chi connectivity index (χ0n) is 13.3. The van der Waals surface area contributed by atoms with E-state index < -0.39 is 16.6 Å². The van der Waals surface area contributed by atoms with Gasteiger partial charge < -0.3 is 4.74 Å². The molecular formula is C16H14F2N2O3S2. The molecule has 1 heterocycles. The Labute approximate surface area is 146 Å². The Hall–Kier alpha value is -2.26. The van der Waals surface area contributed by atoms with E-state index in [1.54, 1.807) is 18.2 Å². The van der Waals surface area contributed by atoms with Crippen LogP contribution in [0.5, 0.6) is 5.75 Å². The molecule has 0 atom stereocenters. The molecule has 0 saturated carbocycles. The summed E-state index contributed by atoms with van der Waals surface area (Å²) in [5, 5.41) is 0. The summed E-state index contributed by atoms with van der Waals surface area (Å²) in [4.78, 5) is -0.340. The van der Waals surface area contributed by atoms with Crippen LogP contribution in [-0.4, -0.2) is 20.1 Å². The van der Waals surface area contributed by atoms with Crippen LogP contribution in [0, 0.1) is 6.92 Å². The second-order valence-corrected chi connectivity index (χ2v) is 7.86. The third kappa shape index (κ3) is 3.42. The lowest BCUT2D eigenvalue weighted by Gasteiger charge is -2.04. The Morgan fingerprint density at radius 1 is 1.16 bits per heavy atom. The summed E-state index contributed by atoms with van der Waals surface area (Å²) >= 11 is 0.864. The van der Waals surface area contributed by atoms with E-state index in [1.165, 1.54) is 31.4 Å². The van der Waals surface area contributed by atoms with E-state index in [2.05, 4.69) is 4.40 Å². The monoisotopic (exact) mass is 384 g/mol. The highest BCUT2D eigenvalue weighted by molar-refractivity contribution is 7.90. The number of ether oxygens (including phenoxy) is 1. The molecule has 0 spiro atoms. The first-order valence-corrected chi connectivity index (χ1v) is 9.42. The van der Waals surface area contributed by atoms with Gasteiger partial charge in [-0.1, -0.05) is 29.0 Å². The molecule has 0 unspecified atom stereocenters. The van der Waals surface area contributed by atoms with Gasteiger partial charge in [0.1, 0.15) is 5.75 Å². The highest BCUT2D eigenvalue weighted by Gasteiger charge is 2.18. The van der Waals surface area contributed by atoms with E-state index in [9.17, 15) is 17.2 Å². The van der Waals surface area contributed by atoms with Crippen molar-refractivity contribution in [2.24, 2.45) is 4.40 Å². The summed E-state index contributed by atoms with van der Waals surface area (Å²) in [5.41, 5.74) is 1.08. The van der Waals surface area contributed by atoms with E-state index in [1.807, 2.05) is 6.92 Å². The number of alkyl halides is 2. The highest BCUT2D eigenvalue weighted by Crippen LogP contribution is 2.26. The number of sulfonamides is 1. The number of hydrogen-bond donors (Lipinski definition) is 0. The van der Waals surface area contributed by atoms with Gasteiger partial charge in [-0.05, 0) is 37.3 Å². The molecule has 25 heavy (non-hydrogen) atoms. The second-order valence-electron chi connectivity index (χ2n) is 5.25. The van der Waals surface area contributed by atoms with Crippen LogP contribution in [0.2, 0.25) is 0 Å². The summed E-state index contributed by atoms with van der Waals surface area (Å²) in [6, 6.07) is 10.6. The smallest absolute Gasteiger partial charge is 0.321 e. The minimum atomic E-state index is -4.10. The molecular weight excluding hydrogens is 370 g/mol. The molecule has 0 N–H and O–H groups in total. The first-order valence-electron chi connectivity index (χ1n) is 7.17. The number of halogens is 2. The van der Waals surface area contributed by atoms with Gasteiger partial charge in [0, 0.05) is 0 Å². The summed E-state index contributed by atoms with van der Waals surface area (Å²) in [7, 11) is -2.64. The van der Waals surface area contributed by atoms with Crippen LogP contribution in [0.1, 0.15) is 12.1 Å². The summed E-state index contributed by atoms with van der Waals surface area (Å²) in [6.07, 6.45) is 0. The van der Waals surface area contributed by atoms with Crippen molar-refractivity contribution >= 4 is 31.6 Å². The number of rotatable bonds is 4. The maximum Gasteiger partial charge on any atom is 0.321 e. The van der Waals surface area contributed by atoms with Crippen molar-refractivity contribution in [1.82, 2.24) is 4.57 Å². The Balaban J connectivity index is 2.24. The van der Waals surface area contributed by atoms with E-state index in [0.717, 1.165) is 16.9 Å². The van der Waals surface area contributed by atoms with Gasteiger partial charge in [0.2, 0.25) is 4.80 Å². The van der Waals surface area contributed by atoms with Crippen molar-refractivity contribution in [1.29, 1.82) is 0 Å². The number of hydrogen-bond acceptors (Lipinski definition) is 4. The Bertz CT molecular complexity index is 1080. The lowest BCUT2D eigenvalue weighted by molar-refractivity contribution is 0.0723. The van der Waals surface area contributed by atoms with E-state index in [0.29, 0.717) is 15.0 Å². The van der Waals surface area contributed by atoms with Crippen LogP contribution in [-0.2, 0) is 10.0 Å². The number of aryl methyl sites for hydroxylation is 1. The van der Waals surface area contributed by atoms with Gasteiger partial charge in [0.15, 0.2) is 0 Å². The topological polar surface area (TPSA) is 60.7 Å². The number of benzene rings is 2. The van der Waals surface area contributed by atoms with Gasteiger partial charge in [-0.15, -0.1) is 4.40 Å². The average molecular weight is 384 g/mol. The normalized spacial score (nSPS) is 12.9. The maximum absolute atomic E-state index is 13.5. The molecule has 9 heteroatoms. The molecule has 3 rings (SSSR count). The minimum Gasteiger partial charge on any atom is -0.497 e. The van der Waals surface area contributed by atoms with E-state index in [-0.39, 0.29) is 15.2 Å². The summed E-state index contributed by atoms with van der Waals surface area (Å²) < 4.78 is 61.6. The van der Waals surface area contributed by atoms with Gasteiger partial charge >= 0.3 is 6.55 Å². The molecule has 5 nitrogen and oxygen atoms in total. The predicted molar refractivity (Wildman–Crippen MR) is 91.5 cm³/mol. The van der Waals surface area contributed by atoms with E-state index >= 15 is 0 Å².